The van der Waals surface area contributed by atoms with Crippen LogP contribution in [0.4, 0.5) is 13.2 Å². The molecule has 5 aromatic rings. The second-order valence-corrected chi connectivity index (χ2v) is 7.28. The minimum atomic E-state index is -0.941. The van der Waals surface area contributed by atoms with Gasteiger partial charge in [-0.15, -0.1) is 0 Å². The van der Waals surface area contributed by atoms with E-state index in [0.29, 0.717) is 23.1 Å². The summed E-state index contributed by atoms with van der Waals surface area (Å²) in [5, 5.41) is 0. The van der Waals surface area contributed by atoms with Crippen molar-refractivity contribution < 1.29 is 17.7 Å². The highest BCUT2D eigenvalue weighted by atomic mass is 19.2. The predicted molar refractivity (Wildman–Crippen MR) is 113 cm³/mol. The molecule has 0 aliphatic rings. The standard InChI is InChI=1S/C25H16F3N3/c26-20-8-4-7-19(24(20)28)25-29-22-11-12-31(15-23(22)30-25)14-16-9-10-18(21(27)13-16)17-5-2-1-3-6-17/h1-13,15H,14H2/p+1. The predicted octanol–water partition coefficient (Wildman–Crippen LogP) is 5.65. The van der Waals surface area contributed by atoms with Crippen LogP contribution in [-0.4, -0.2) is 9.97 Å². The summed E-state index contributed by atoms with van der Waals surface area (Å²) in [6.45, 7) is 0.449. The largest absolute Gasteiger partial charge is 0.333 e. The number of aromatic nitrogens is 3. The molecule has 3 aromatic carbocycles. The second kappa shape index (κ2) is 7.72. The molecule has 152 valence electrons. The number of hydrogen-bond acceptors (Lipinski definition) is 1. The number of fused-ring (bicyclic) bond motifs is 1. The molecule has 0 spiro atoms. The van der Waals surface area contributed by atoms with Crippen LogP contribution in [0.5, 0.6) is 0 Å². The number of pyridine rings is 1. The maximum absolute atomic E-state index is 14.7. The third-order valence-corrected chi connectivity index (χ3v) is 5.17. The van der Waals surface area contributed by atoms with E-state index in [0.717, 1.165) is 17.2 Å². The average molecular weight is 416 g/mol. The van der Waals surface area contributed by atoms with Gasteiger partial charge in [0.25, 0.3) is 0 Å². The van der Waals surface area contributed by atoms with Crippen LogP contribution < -0.4 is 4.57 Å². The zero-order valence-corrected chi connectivity index (χ0v) is 16.3. The fourth-order valence-corrected chi connectivity index (χ4v) is 3.63. The van der Waals surface area contributed by atoms with E-state index < -0.39 is 11.6 Å². The van der Waals surface area contributed by atoms with Crippen molar-refractivity contribution in [2.45, 2.75) is 6.54 Å². The minimum absolute atomic E-state index is 0.0707. The molecule has 0 saturated carbocycles. The van der Waals surface area contributed by atoms with Gasteiger partial charge >= 0.3 is 0 Å². The first-order chi connectivity index (χ1) is 15.1. The maximum atomic E-state index is 14.7. The van der Waals surface area contributed by atoms with E-state index in [4.69, 9.17) is 0 Å². The van der Waals surface area contributed by atoms with Gasteiger partial charge < -0.3 is 4.98 Å². The van der Waals surface area contributed by atoms with Crippen LogP contribution in [0.25, 0.3) is 33.5 Å². The summed E-state index contributed by atoms with van der Waals surface area (Å²) in [6, 6.07) is 20.4. The van der Waals surface area contributed by atoms with Gasteiger partial charge in [-0.1, -0.05) is 48.5 Å². The highest BCUT2D eigenvalue weighted by molar-refractivity contribution is 5.77. The molecule has 2 heterocycles. The van der Waals surface area contributed by atoms with Gasteiger partial charge in [-0.05, 0) is 23.8 Å². The summed E-state index contributed by atoms with van der Waals surface area (Å²) in [5.74, 6) is -1.89. The molecule has 0 bridgehead atoms. The van der Waals surface area contributed by atoms with Gasteiger partial charge in [-0.25, -0.2) is 18.2 Å². The molecule has 6 heteroatoms. The Morgan fingerprint density at radius 3 is 2.45 bits per heavy atom. The molecule has 0 saturated heterocycles. The molecule has 0 atom stereocenters. The topological polar surface area (TPSA) is 32.6 Å². The number of hydrogen-bond donors (Lipinski definition) is 1. The van der Waals surface area contributed by atoms with Crippen LogP contribution in [0, 0.1) is 17.5 Å². The van der Waals surface area contributed by atoms with Gasteiger partial charge in [0, 0.05) is 17.2 Å². The molecular formula is C25H17F3N3+. The number of rotatable bonds is 4. The van der Waals surface area contributed by atoms with E-state index in [-0.39, 0.29) is 17.2 Å². The number of nitrogens with one attached hydrogen (secondary N) is 1. The van der Waals surface area contributed by atoms with Gasteiger partial charge in [-0.2, -0.15) is 4.57 Å². The van der Waals surface area contributed by atoms with Crippen LogP contribution in [0.3, 0.4) is 0 Å². The molecule has 5 rings (SSSR count). The van der Waals surface area contributed by atoms with Crippen molar-refractivity contribution in [3.8, 4) is 22.5 Å². The number of benzene rings is 3. The smallest absolute Gasteiger partial charge is 0.195 e. The lowest BCUT2D eigenvalue weighted by molar-refractivity contribution is -0.687. The molecule has 0 amide bonds. The van der Waals surface area contributed by atoms with Crippen LogP contribution in [-0.2, 0) is 6.54 Å². The Morgan fingerprint density at radius 1 is 0.806 bits per heavy atom. The Hall–Kier alpha value is -3.93. The number of imidazole rings is 1. The third kappa shape index (κ3) is 3.68. The highest BCUT2D eigenvalue weighted by Gasteiger charge is 2.16. The second-order valence-electron chi connectivity index (χ2n) is 7.28. The highest BCUT2D eigenvalue weighted by Crippen LogP contribution is 2.25. The Labute approximate surface area is 176 Å². The van der Waals surface area contributed by atoms with Crippen molar-refractivity contribution in [3.05, 3.63) is 108 Å². The number of aromatic amines is 1. The van der Waals surface area contributed by atoms with Gasteiger partial charge in [0.05, 0.1) is 5.56 Å². The first-order valence-corrected chi connectivity index (χ1v) is 9.75. The van der Waals surface area contributed by atoms with E-state index in [2.05, 4.69) is 9.97 Å². The zero-order valence-electron chi connectivity index (χ0n) is 16.3. The molecule has 1 N–H and O–H groups in total. The van der Waals surface area contributed by atoms with Crippen molar-refractivity contribution >= 4 is 11.0 Å². The summed E-state index contributed by atoms with van der Waals surface area (Å²) in [5.41, 5.74) is 3.55. The summed E-state index contributed by atoms with van der Waals surface area (Å²) < 4.78 is 44.2. The lowest BCUT2D eigenvalue weighted by Gasteiger charge is -2.05. The van der Waals surface area contributed by atoms with E-state index in [1.165, 1.54) is 18.2 Å². The van der Waals surface area contributed by atoms with Crippen molar-refractivity contribution in [2.24, 2.45) is 0 Å². The Bertz CT molecular complexity index is 1390. The summed E-state index contributed by atoms with van der Waals surface area (Å²) in [6.07, 6.45) is 3.63. The van der Waals surface area contributed by atoms with Gasteiger partial charge in [0.2, 0.25) is 0 Å². The third-order valence-electron chi connectivity index (χ3n) is 5.17. The Morgan fingerprint density at radius 2 is 1.65 bits per heavy atom. The SMILES string of the molecule is Fc1cc(C[n+]2ccc3nc(-c4cccc(F)c4F)[nH]c3c2)ccc1-c1ccccc1. The van der Waals surface area contributed by atoms with Crippen molar-refractivity contribution in [1.29, 1.82) is 0 Å². The van der Waals surface area contributed by atoms with E-state index in [9.17, 15) is 13.2 Å². The first-order valence-electron chi connectivity index (χ1n) is 9.75. The summed E-state index contributed by atoms with van der Waals surface area (Å²) >= 11 is 0. The summed E-state index contributed by atoms with van der Waals surface area (Å²) in [4.78, 5) is 7.39. The van der Waals surface area contributed by atoms with Crippen LogP contribution in [0.1, 0.15) is 5.56 Å². The number of halogens is 3. The first kappa shape index (κ1) is 19.1. The summed E-state index contributed by atoms with van der Waals surface area (Å²) in [7, 11) is 0. The Kier molecular flexibility index (Phi) is 4.75. The molecule has 0 fully saturated rings. The van der Waals surface area contributed by atoms with Crippen LogP contribution in [0.2, 0.25) is 0 Å². The molecule has 0 aliphatic heterocycles. The van der Waals surface area contributed by atoms with Crippen molar-refractivity contribution in [2.75, 3.05) is 0 Å². The van der Waals surface area contributed by atoms with E-state index >= 15 is 0 Å². The molecule has 31 heavy (non-hydrogen) atoms. The maximum Gasteiger partial charge on any atom is 0.195 e. The van der Waals surface area contributed by atoms with Crippen molar-refractivity contribution in [3.63, 3.8) is 0 Å². The molecule has 0 radical (unpaired) electrons. The molecule has 3 nitrogen and oxygen atoms in total. The lowest BCUT2D eigenvalue weighted by Crippen LogP contribution is -2.33. The Balaban J connectivity index is 1.44. The number of nitrogens with zero attached hydrogens (tertiary/aromatic N) is 2. The molecule has 0 unspecified atom stereocenters. The normalized spacial score (nSPS) is 11.2. The fraction of sp³-hybridized carbons (Fsp3) is 0.0400. The molecule has 0 aliphatic carbocycles. The lowest BCUT2D eigenvalue weighted by atomic mass is 10.0. The molecular weight excluding hydrogens is 399 g/mol. The average Bonchev–Trinajstić information content (AvgIpc) is 3.19. The molecule has 2 aromatic heterocycles. The zero-order chi connectivity index (χ0) is 21.4. The quantitative estimate of drug-likeness (QED) is 0.377. The van der Waals surface area contributed by atoms with E-state index in [1.54, 1.807) is 12.1 Å². The van der Waals surface area contributed by atoms with E-state index in [1.807, 2.05) is 53.4 Å². The van der Waals surface area contributed by atoms with Crippen LogP contribution in [0.15, 0.2) is 85.2 Å². The minimum Gasteiger partial charge on any atom is -0.333 e. The number of H-pyrrole nitrogens is 1. The van der Waals surface area contributed by atoms with Gasteiger partial charge in [0.15, 0.2) is 30.6 Å². The monoisotopic (exact) mass is 416 g/mol. The van der Waals surface area contributed by atoms with Crippen molar-refractivity contribution in [1.82, 2.24) is 9.97 Å². The van der Waals surface area contributed by atoms with Gasteiger partial charge in [0.1, 0.15) is 22.7 Å². The van der Waals surface area contributed by atoms with Crippen LogP contribution >= 0.6 is 0 Å². The van der Waals surface area contributed by atoms with Gasteiger partial charge in [-0.3, -0.25) is 0 Å². The fourth-order valence-electron chi connectivity index (χ4n) is 3.63.